The summed E-state index contributed by atoms with van der Waals surface area (Å²) in [4.78, 5) is 14.1. The van der Waals surface area contributed by atoms with Gasteiger partial charge in [-0.1, -0.05) is 6.42 Å². The molecule has 1 N–H and O–H groups in total. The van der Waals surface area contributed by atoms with E-state index in [0.717, 1.165) is 32.4 Å². The minimum absolute atomic E-state index is 0.217. The summed E-state index contributed by atoms with van der Waals surface area (Å²) in [6, 6.07) is 0. The number of ether oxygens (including phenoxy) is 1. The summed E-state index contributed by atoms with van der Waals surface area (Å²) in [6.07, 6.45) is 3.93. The van der Waals surface area contributed by atoms with Crippen molar-refractivity contribution in [2.75, 3.05) is 27.2 Å². The van der Waals surface area contributed by atoms with Crippen LogP contribution in [0.15, 0.2) is 0 Å². The minimum Gasteiger partial charge on any atom is -0.469 e. The molecule has 0 aromatic heterocycles. The van der Waals surface area contributed by atoms with E-state index in [9.17, 15) is 9.90 Å². The van der Waals surface area contributed by atoms with Gasteiger partial charge in [0.05, 0.1) is 18.1 Å². The lowest BCUT2D eigenvalue weighted by atomic mass is 9.56. The van der Waals surface area contributed by atoms with Crippen LogP contribution in [0, 0.1) is 5.41 Å². The fraction of sp³-hybridized carbons (Fsp3) is 0.917. The van der Waals surface area contributed by atoms with E-state index in [2.05, 4.69) is 4.90 Å². The van der Waals surface area contributed by atoms with E-state index in [0.29, 0.717) is 12.8 Å². The Bertz CT molecular complexity index is 278. The molecule has 4 heteroatoms. The van der Waals surface area contributed by atoms with Gasteiger partial charge in [-0.05, 0) is 32.7 Å². The van der Waals surface area contributed by atoms with E-state index >= 15 is 0 Å². The molecule has 1 aliphatic heterocycles. The smallest absolute Gasteiger partial charge is 0.314 e. The Morgan fingerprint density at radius 3 is 2.19 bits per heavy atom. The van der Waals surface area contributed by atoms with Crippen LogP contribution in [0.4, 0.5) is 0 Å². The molecule has 2 fully saturated rings. The number of aliphatic hydroxyl groups is 1. The van der Waals surface area contributed by atoms with Crippen molar-refractivity contribution < 1.29 is 14.6 Å². The Morgan fingerprint density at radius 1 is 1.25 bits per heavy atom. The molecule has 0 amide bonds. The molecule has 92 valence electrons. The number of esters is 1. The van der Waals surface area contributed by atoms with Crippen LogP contribution in [0.5, 0.6) is 0 Å². The van der Waals surface area contributed by atoms with Gasteiger partial charge in [0.2, 0.25) is 0 Å². The van der Waals surface area contributed by atoms with Crippen molar-refractivity contribution in [3.63, 3.8) is 0 Å². The van der Waals surface area contributed by atoms with Crippen LogP contribution >= 0.6 is 0 Å². The number of hydrogen-bond acceptors (Lipinski definition) is 4. The van der Waals surface area contributed by atoms with Crippen LogP contribution in [0.1, 0.15) is 32.1 Å². The van der Waals surface area contributed by atoms with Crippen molar-refractivity contribution >= 4 is 5.97 Å². The van der Waals surface area contributed by atoms with Gasteiger partial charge in [-0.25, -0.2) is 0 Å². The van der Waals surface area contributed by atoms with E-state index in [1.807, 2.05) is 7.05 Å². The van der Waals surface area contributed by atoms with E-state index < -0.39 is 11.0 Å². The van der Waals surface area contributed by atoms with Crippen molar-refractivity contribution in [1.29, 1.82) is 0 Å². The van der Waals surface area contributed by atoms with Gasteiger partial charge in [-0.3, -0.25) is 4.79 Å². The molecule has 1 aliphatic carbocycles. The molecule has 0 aromatic carbocycles. The van der Waals surface area contributed by atoms with Crippen molar-refractivity contribution in [1.82, 2.24) is 4.90 Å². The molecule has 4 nitrogen and oxygen atoms in total. The predicted octanol–water partition coefficient (Wildman–Crippen LogP) is 0.786. The average Bonchev–Trinajstić information content (AvgIpc) is 2.21. The first kappa shape index (κ1) is 11.9. The summed E-state index contributed by atoms with van der Waals surface area (Å²) in [5, 5.41) is 10.7. The Hall–Kier alpha value is -0.610. The maximum absolute atomic E-state index is 11.9. The van der Waals surface area contributed by atoms with Gasteiger partial charge in [0.25, 0.3) is 0 Å². The molecule has 0 bridgehead atoms. The fourth-order valence-electron chi connectivity index (χ4n) is 3.05. The lowest BCUT2D eigenvalue weighted by Gasteiger charge is -2.53. The normalized spacial score (nSPS) is 28.2. The highest BCUT2D eigenvalue weighted by molar-refractivity contribution is 5.79. The van der Waals surface area contributed by atoms with E-state index in [1.54, 1.807) is 0 Å². The van der Waals surface area contributed by atoms with Crippen molar-refractivity contribution in [3.05, 3.63) is 0 Å². The Morgan fingerprint density at radius 2 is 1.81 bits per heavy atom. The summed E-state index contributed by atoms with van der Waals surface area (Å²) in [6.45, 7) is 1.71. The molecule has 0 aromatic rings. The maximum atomic E-state index is 11.9. The zero-order valence-electron chi connectivity index (χ0n) is 10.2. The van der Waals surface area contributed by atoms with Gasteiger partial charge >= 0.3 is 5.97 Å². The van der Waals surface area contributed by atoms with E-state index in [1.165, 1.54) is 7.11 Å². The summed E-state index contributed by atoms with van der Waals surface area (Å²) >= 11 is 0. The van der Waals surface area contributed by atoms with Gasteiger partial charge in [0.1, 0.15) is 0 Å². The standard InChI is InChI=1S/C12H21NO3/c1-13-8-6-12(15,7-9-13)11(4-3-5-11)10(14)16-2/h15H,3-9H2,1-2H3. The highest BCUT2D eigenvalue weighted by Crippen LogP contribution is 2.53. The maximum Gasteiger partial charge on any atom is 0.314 e. The molecule has 16 heavy (non-hydrogen) atoms. The first-order chi connectivity index (χ1) is 7.54. The van der Waals surface area contributed by atoms with Crippen LogP contribution in [-0.2, 0) is 9.53 Å². The average molecular weight is 227 g/mol. The van der Waals surface area contributed by atoms with Crippen molar-refractivity contribution in [2.24, 2.45) is 5.41 Å². The van der Waals surface area contributed by atoms with Crippen LogP contribution in [0.2, 0.25) is 0 Å². The fourth-order valence-corrected chi connectivity index (χ4v) is 3.05. The second-order valence-electron chi connectivity index (χ2n) is 5.26. The second-order valence-corrected chi connectivity index (χ2v) is 5.26. The molecule has 1 saturated carbocycles. The van der Waals surface area contributed by atoms with Crippen LogP contribution in [0.3, 0.4) is 0 Å². The lowest BCUT2D eigenvalue weighted by Crippen LogP contribution is -2.61. The first-order valence-corrected chi connectivity index (χ1v) is 6.03. The molecule has 2 aliphatic rings. The SMILES string of the molecule is COC(=O)C1(C2(O)CCN(C)CC2)CCC1. The number of hydrogen-bond donors (Lipinski definition) is 1. The molecular formula is C12H21NO3. The third kappa shape index (κ3) is 1.55. The number of nitrogens with zero attached hydrogens (tertiary/aromatic N) is 1. The lowest BCUT2D eigenvalue weighted by molar-refractivity contribution is -0.196. The number of carbonyl (C=O) groups excluding carboxylic acids is 1. The second kappa shape index (κ2) is 4.00. The van der Waals surface area contributed by atoms with Crippen LogP contribution in [0.25, 0.3) is 0 Å². The highest BCUT2D eigenvalue weighted by atomic mass is 16.5. The van der Waals surface area contributed by atoms with Crippen LogP contribution in [-0.4, -0.2) is 48.8 Å². The molecule has 2 rings (SSSR count). The molecule has 0 atom stereocenters. The number of rotatable bonds is 2. The topological polar surface area (TPSA) is 49.8 Å². The van der Waals surface area contributed by atoms with Gasteiger partial charge in [0.15, 0.2) is 0 Å². The zero-order valence-corrected chi connectivity index (χ0v) is 10.2. The predicted molar refractivity (Wildman–Crippen MR) is 60.0 cm³/mol. The third-order valence-corrected chi connectivity index (χ3v) is 4.49. The van der Waals surface area contributed by atoms with Gasteiger partial charge in [-0.15, -0.1) is 0 Å². The minimum atomic E-state index is -0.842. The van der Waals surface area contributed by atoms with Crippen molar-refractivity contribution in [3.8, 4) is 0 Å². The Balaban J connectivity index is 2.17. The zero-order chi connectivity index (χ0) is 11.8. The molecule has 1 saturated heterocycles. The largest absolute Gasteiger partial charge is 0.469 e. The monoisotopic (exact) mass is 227 g/mol. The molecular weight excluding hydrogens is 206 g/mol. The number of carbonyl (C=O) groups is 1. The van der Waals surface area contributed by atoms with Gasteiger partial charge < -0.3 is 14.7 Å². The number of piperidine rings is 1. The molecule has 0 radical (unpaired) electrons. The number of likely N-dealkylation sites (tertiary alicyclic amines) is 1. The van der Waals surface area contributed by atoms with E-state index in [4.69, 9.17) is 4.74 Å². The van der Waals surface area contributed by atoms with Gasteiger partial charge in [-0.2, -0.15) is 0 Å². The van der Waals surface area contributed by atoms with Crippen molar-refractivity contribution in [2.45, 2.75) is 37.7 Å². The molecule has 0 spiro atoms. The highest BCUT2D eigenvalue weighted by Gasteiger charge is 2.60. The van der Waals surface area contributed by atoms with E-state index in [-0.39, 0.29) is 5.97 Å². The quantitative estimate of drug-likeness (QED) is 0.708. The third-order valence-electron chi connectivity index (χ3n) is 4.49. The Labute approximate surface area is 96.6 Å². The summed E-state index contributed by atoms with van der Waals surface area (Å²) in [5.41, 5.74) is -1.45. The Kier molecular flexibility index (Phi) is 2.97. The molecule has 0 unspecified atom stereocenters. The molecule has 1 heterocycles. The first-order valence-electron chi connectivity index (χ1n) is 6.03. The summed E-state index contributed by atoms with van der Waals surface area (Å²) < 4.78 is 4.89. The van der Waals surface area contributed by atoms with Gasteiger partial charge in [0, 0.05) is 13.1 Å². The summed E-state index contributed by atoms with van der Waals surface area (Å²) in [7, 11) is 3.46. The summed E-state index contributed by atoms with van der Waals surface area (Å²) in [5.74, 6) is -0.217. The number of methoxy groups -OCH3 is 1. The van der Waals surface area contributed by atoms with Crippen LogP contribution < -0.4 is 0 Å².